The van der Waals surface area contributed by atoms with Crippen molar-refractivity contribution in [3.05, 3.63) is 23.9 Å². The fourth-order valence-corrected chi connectivity index (χ4v) is 2.91. The molecule has 1 N–H and O–H groups in total. The number of piperidine rings is 1. The zero-order valence-corrected chi connectivity index (χ0v) is 13.5. The Kier molecular flexibility index (Phi) is 4.34. The number of rotatable bonds is 5. The number of amides is 1. The molecular weight excluding hydrogens is 278 g/mol. The van der Waals surface area contributed by atoms with Gasteiger partial charge >= 0.3 is 0 Å². The van der Waals surface area contributed by atoms with Gasteiger partial charge in [-0.2, -0.15) is 0 Å². The largest absolute Gasteiger partial charge is 0.476 e. The summed E-state index contributed by atoms with van der Waals surface area (Å²) in [5, 5.41) is 3.23. The van der Waals surface area contributed by atoms with Crippen LogP contribution in [0.5, 0.6) is 5.88 Å². The van der Waals surface area contributed by atoms with Crippen molar-refractivity contribution >= 4 is 5.91 Å². The van der Waals surface area contributed by atoms with Crippen LogP contribution in [0.1, 0.15) is 31.2 Å². The molecular formula is C17H25N3O2. The Labute approximate surface area is 132 Å². The van der Waals surface area contributed by atoms with Gasteiger partial charge in [0.25, 0.3) is 0 Å². The Morgan fingerprint density at radius 1 is 1.45 bits per heavy atom. The van der Waals surface area contributed by atoms with Crippen LogP contribution in [0.3, 0.4) is 0 Å². The number of likely N-dealkylation sites (tertiary alicyclic amines) is 1. The molecule has 5 nitrogen and oxygen atoms in total. The Balaban J connectivity index is 1.52. The Morgan fingerprint density at radius 2 is 2.18 bits per heavy atom. The number of aryl methyl sites for hydroxylation is 1. The molecule has 0 bridgehead atoms. The lowest BCUT2D eigenvalue weighted by Crippen LogP contribution is -2.46. The van der Waals surface area contributed by atoms with E-state index in [4.69, 9.17) is 4.74 Å². The molecule has 22 heavy (non-hydrogen) atoms. The van der Waals surface area contributed by atoms with Crippen LogP contribution in [0.2, 0.25) is 0 Å². The van der Waals surface area contributed by atoms with Crippen molar-refractivity contribution in [1.82, 2.24) is 15.2 Å². The highest BCUT2D eigenvalue weighted by atomic mass is 16.5. The van der Waals surface area contributed by atoms with Gasteiger partial charge in [-0.3, -0.25) is 4.79 Å². The molecule has 1 aromatic heterocycles. The number of pyridine rings is 1. The van der Waals surface area contributed by atoms with Crippen LogP contribution in [0, 0.1) is 12.3 Å². The van der Waals surface area contributed by atoms with E-state index in [1.165, 1.54) is 0 Å². The summed E-state index contributed by atoms with van der Waals surface area (Å²) in [6.45, 7) is 4.52. The fraction of sp³-hybridized carbons (Fsp3) is 0.647. The third kappa shape index (κ3) is 3.40. The lowest BCUT2D eigenvalue weighted by atomic mass is 10.0. The third-order valence-corrected chi connectivity index (χ3v) is 4.84. The predicted molar refractivity (Wildman–Crippen MR) is 84.8 cm³/mol. The molecule has 2 heterocycles. The summed E-state index contributed by atoms with van der Waals surface area (Å²) >= 11 is 0. The predicted octanol–water partition coefficient (Wildman–Crippen LogP) is 1.76. The second kappa shape index (κ2) is 6.24. The number of carbonyl (C=O) groups excluding carboxylic acids is 1. The average Bonchev–Trinajstić information content (AvgIpc) is 3.30. The number of nitrogens with one attached hydrogen (secondary N) is 1. The van der Waals surface area contributed by atoms with Crippen molar-refractivity contribution in [2.75, 3.05) is 26.7 Å². The average molecular weight is 303 g/mol. The maximum atomic E-state index is 12.6. The zero-order chi connectivity index (χ0) is 15.6. The van der Waals surface area contributed by atoms with Gasteiger partial charge in [0.05, 0.1) is 5.41 Å². The monoisotopic (exact) mass is 303 g/mol. The highest BCUT2D eigenvalue weighted by Gasteiger charge is 2.51. The lowest BCUT2D eigenvalue weighted by molar-refractivity contribution is -0.128. The van der Waals surface area contributed by atoms with Crippen LogP contribution in [-0.4, -0.2) is 48.6 Å². The molecule has 1 saturated heterocycles. The molecule has 3 rings (SSSR count). The van der Waals surface area contributed by atoms with E-state index in [1.807, 2.05) is 19.1 Å². The standard InChI is InChI=1S/C17H25N3O2/c1-13-4-3-9-18-15(13)22-12-17(7-8-17)16(21)19-14-5-10-20(2)11-6-14/h3-4,9,14H,5-8,10-12H2,1-2H3,(H,19,21). The summed E-state index contributed by atoms with van der Waals surface area (Å²) in [4.78, 5) is 19.1. The first-order valence-electron chi connectivity index (χ1n) is 8.13. The highest BCUT2D eigenvalue weighted by molar-refractivity contribution is 5.85. The number of hydrogen-bond acceptors (Lipinski definition) is 4. The highest BCUT2D eigenvalue weighted by Crippen LogP contribution is 2.46. The van der Waals surface area contributed by atoms with Crippen LogP contribution in [0.4, 0.5) is 0 Å². The van der Waals surface area contributed by atoms with E-state index in [0.29, 0.717) is 18.5 Å². The Bertz CT molecular complexity index is 534. The zero-order valence-electron chi connectivity index (χ0n) is 13.5. The maximum absolute atomic E-state index is 12.6. The topological polar surface area (TPSA) is 54.5 Å². The van der Waals surface area contributed by atoms with Crippen molar-refractivity contribution < 1.29 is 9.53 Å². The minimum atomic E-state index is -0.326. The van der Waals surface area contributed by atoms with E-state index in [1.54, 1.807) is 6.20 Å². The second-order valence-electron chi connectivity index (χ2n) is 6.75. The molecule has 1 aromatic rings. The summed E-state index contributed by atoms with van der Waals surface area (Å²) in [7, 11) is 2.13. The third-order valence-electron chi connectivity index (χ3n) is 4.84. The van der Waals surface area contributed by atoms with E-state index < -0.39 is 0 Å². The fourth-order valence-electron chi connectivity index (χ4n) is 2.91. The van der Waals surface area contributed by atoms with Gasteiger partial charge in [0.15, 0.2) is 0 Å². The Morgan fingerprint density at radius 3 is 2.82 bits per heavy atom. The minimum Gasteiger partial charge on any atom is -0.476 e. The van der Waals surface area contributed by atoms with Crippen LogP contribution in [-0.2, 0) is 4.79 Å². The van der Waals surface area contributed by atoms with Gasteiger partial charge in [0.1, 0.15) is 6.61 Å². The first-order chi connectivity index (χ1) is 10.6. The van der Waals surface area contributed by atoms with Crippen LogP contribution >= 0.6 is 0 Å². The van der Waals surface area contributed by atoms with E-state index in [0.717, 1.165) is 44.3 Å². The van der Waals surface area contributed by atoms with Gasteiger partial charge in [0.2, 0.25) is 11.8 Å². The number of aromatic nitrogens is 1. The summed E-state index contributed by atoms with van der Waals surface area (Å²) in [5.74, 6) is 0.802. The van der Waals surface area contributed by atoms with Crippen molar-refractivity contribution in [2.24, 2.45) is 5.41 Å². The molecule has 2 fully saturated rings. The molecule has 1 aliphatic heterocycles. The molecule has 0 aromatic carbocycles. The van der Waals surface area contributed by atoms with Crippen LogP contribution in [0.25, 0.3) is 0 Å². The molecule has 0 atom stereocenters. The molecule has 120 valence electrons. The molecule has 1 aliphatic carbocycles. The van der Waals surface area contributed by atoms with Crippen molar-refractivity contribution in [3.63, 3.8) is 0 Å². The normalized spacial score (nSPS) is 21.4. The second-order valence-corrected chi connectivity index (χ2v) is 6.75. The summed E-state index contributed by atoms with van der Waals surface area (Å²) in [6, 6.07) is 4.18. The van der Waals surface area contributed by atoms with Crippen LogP contribution in [0.15, 0.2) is 18.3 Å². The SMILES string of the molecule is Cc1cccnc1OCC1(C(=O)NC2CCN(C)CC2)CC1. The van der Waals surface area contributed by atoms with Gasteiger partial charge < -0.3 is 15.0 Å². The van der Waals surface area contributed by atoms with Crippen molar-refractivity contribution in [1.29, 1.82) is 0 Å². The van der Waals surface area contributed by atoms with Gasteiger partial charge in [0, 0.05) is 17.8 Å². The smallest absolute Gasteiger partial charge is 0.229 e. The van der Waals surface area contributed by atoms with Gasteiger partial charge in [-0.1, -0.05) is 6.07 Å². The first kappa shape index (κ1) is 15.3. The Hall–Kier alpha value is -1.62. The van der Waals surface area contributed by atoms with Crippen molar-refractivity contribution in [3.8, 4) is 5.88 Å². The van der Waals surface area contributed by atoms with Gasteiger partial charge in [-0.25, -0.2) is 4.98 Å². The van der Waals surface area contributed by atoms with Gasteiger partial charge in [-0.15, -0.1) is 0 Å². The van der Waals surface area contributed by atoms with Crippen LogP contribution < -0.4 is 10.1 Å². The number of ether oxygens (including phenoxy) is 1. The molecule has 0 spiro atoms. The minimum absolute atomic E-state index is 0.163. The van der Waals surface area contributed by atoms with E-state index >= 15 is 0 Å². The van der Waals surface area contributed by atoms with Crippen molar-refractivity contribution in [2.45, 2.75) is 38.6 Å². The number of carbonyl (C=O) groups is 1. The molecule has 1 amide bonds. The first-order valence-corrected chi connectivity index (χ1v) is 8.13. The number of hydrogen-bond donors (Lipinski definition) is 1. The van der Waals surface area contributed by atoms with E-state index in [2.05, 4.69) is 22.2 Å². The number of nitrogens with zero attached hydrogens (tertiary/aromatic N) is 2. The summed E-state index contributed by atoms with van der Waals surface area (Å²) in [5.41, 5.74) is 0.682. The molecule has 0 radical (unpaired) electrons. The molecule has 0 unspecified atom stereocenters. The summed E-state index contributed by atoms with van der Waals surface area (Å²) < 4.78 is 5.81. The lowest BCUT2D eigenvalue weighted by Gasteiger charge is -2.30. The quantitative estimate of drug-likeness (QED) is 0.900. The summed E-state index contributed by atoms with van der Waals surface area (Å²) in [6.07, 6.45) is 5.63. The van der Waals surface area contributed by atoms with Gasteiger partial charge in [-0.05, 0) is 58.8 Å². The maximum Gasteiger partial charge on any atom is 0.229 e. The van der Waals surface area contributed by atoms with E-state index in [9.17, 15) is 4.79 Å². The molecule has 2 aliphatic rings. The molecule has 5 heteroatoms. The molecule has 1 saturated carbocycles. The van der Waals surface area contributed by atoms with E-state index in [-0.39, 0.29) is 11.3 Å².